The van der Waals surface area contributed by atoms with Crippen LogP contribution in [0.15, 0.2) is 79.0 Å². The summed E-state index contributed by atoms with van der Waals surface area (Å²) in [5.74, 6) is 0.887. The van der Waals surface area contributed by atoms with Crippen molar-refractivity contribution in [1.82, 2.24) is 24.4 Å². The summed E-state index contributed by atoms with van der Waals surface area (Å²) in [5.41, 5.74) is 11.4. The fraction of sp³-hybridized carbons (Fsp3) is 0.314. The van der Waals surface area contributed by atoms with Crippen LogP contribution in [-0.2, 0) is 4.79 Å². The third kappa shape index (κ3) is 5.43. The van der Waals surface area contributed by atoms with Crippen LogP contribution in [0.5, 0.6) is 0 Å². The van der Waals surface area contributed by atoms with Crippen LogP contribution in [0.1, 0.15) is 43.6 Å². The quantitative estimate of drug-likeness (QED) is 0.221. The number of hydrogen-bond donors (Lipinski definition) is 2. The minimum absolute atomic E-state index is 0.167. The van der Waals surface area contributed by atoms with Gasteiger partial charge < -0.3 is 15.7 Å². The Morgan fingerprint density at radius 1 is 0.909 bits per heavy atom. The van der Waals surface area contributed by atoms with Crippen LogP contribution in [-0.4, -0.2) is 55.1 Å². The maximum absolute atomic E-state index is 14.7. The standard InChI is InChI=1S/C35H35FN6O2/c36-29-6-2-1-4-27(29)30-15-16-31-34(39-30)42(33(40-31)28-5-3-18-38-32(28)37)26-13-11-23(12-14-26)25-17-19-41(21-25)20-22-7-9-24(10-8-22)35(43)44/h1-6,11-16,18,22,24-25H,7-10,17,19-21H2,(H2,37,38)(H,43,44)/t22-,24-,25-/m1/s1. The van der Waals surface area contributed by atoms with Crippen molar-refractivity contribution in [3.63, 3.8) is 0 Å². The van der Waals surface area contributed by atoms with Gasteiger partial charge >= 0.3 is 5.97 Å². The van der Waals surface area contributed by atoms with Crippen LogP contribution in [0.3, 0.4) is 0 Å². The van der Waals surface area contributed by atoms with Crippen molar-refractivity contribution in [2.75, 3.05) is 25.4 Å². The molecule has 5 aromatic rings. The molecule has 0 spiro atoms. The Morgan fingerprint density at radius 2 is 1.68 bits per heavy atom. The van der Waals surface area contributed by atoms with Crippen LogP contribution >= 0.6 is 0 Å². The minimum Gasteiger partial charge on any atom is -0.481 e. The summed E-state index contributed by atoms with van der Waals surface area (Å²) < 4.78 is 16.7. The number of likely N-dealkylation sites (tertiary alicyclic amines) is 1. The lowest BCUT2D eigenvalue weighted by atomic mass is 9.82. The Morgan fingerprint density at radius 3 is 2.43 bits per heavy atom. The zero-order valence-electron chi connectivity index (χ0n) is 24.4. The van der Waals surface area contributed by atoms with E-state index in [4.69, 9.17) is 15.7 Å². The smallest absolute Gasteiger partial charge is 0.306 e. The van der Waals surface area contributed by atoms with Gasteiger partial charge in [-0.05, 0) is 105 Å². The van der Waals surface area contributed by atoms with Gasteiger partial charge in [-0.15, -0.1) is 0 Å². The van der Waals surface area contributed by atoms with Crippen molar-refractivity contribution in [1.29, 1.82) is 0 Å². The van der Waals surface area contributed by atoms with Crippen molar-refractivity contribution in [3.8, 4) is 28.3 Å². The molecule has 8 nitrogen and oxygen atoms in total. The highest BCUT2D eigenvalue weighted by Crippen LogP contribution is 2.35. The number of aromatic nitrogens is 4. The minimum atomic E-state index is -0.644. The van der Waals surface area contributed by atoms with Gasteiger partial charge in [0.15, 0.2) is 11.5 Å². The molecule has 4 heterocycles. The molecule has 0 radical (unpaired) electrons. The van der Waals surface area contributed by atoms with Crippen molar-refractivity contribution >= 4 is 23.0 Å². The van der Waals surface area contributed by atoms with Crippen molar-refractivity contribution in [2.45, 2.75) is 38.0 Å². The van der Waals surface area contributed by atoms with Crippen molar-refractivity contribution in [2.24, 2.45) is 11.8 Å². The predicted molar refractivity (Wildman–Crippen MR) is 169 cm³/mol. The number of pyridine rings is 2. The molecule has 0 amide bonds. The van der Waals surface area contributed by atoms with Gasteiger partial charge in [-0.2, -0.15) is 0 Å². The van der Waals surface area contributed by atoms with E-state index in [0.29, 0.717) is 51.5 Å². The first-order valence-corrected chi connectivity index (χ1v) is 15.4. The SMILES string of the molecule is Nc1ncccc1-c1nc2ccc(-c3ccccc3F)nc2n1-c1ccc([C@@H]2CCN(C[C@H]3CC[C@H](C(=O)O)CC3)C2)cc1. The molecule has 3 aromatic heterocycles. The highest BCUT2D eigenvalue weighted by molar-refractivity contribution is 5.84. The van der Waals surface area contributed by atoms with E-state index in [1.807, 2.05) is 22.8 Å². The summed E-state index contributed by atoms with van der Waals surface area (Å²) in [4.78, 5) is 28.0. The first kappa shape index (κ1) is 28.2. The van der Waals surface area contributed by atoms with Crippen LogP contribution < -0.4 is 5.73 Å². The Balaban J connectivity index is 1.17. The molecule has 44 heavy (non-hydrogen) atoms. The van der Waals surface area contributed by atoms with Crippen molar-refractivity contribution < 1.29 is 14.3 Å². The Labute approximate surface area is 255 Å². The van der Waals surface area contributed by atoms with Gasteiger partial charge in [0.25, 0.3) is 0 Å². The number of aliphatic carboxylic acids is 1. The molecule has 1 aliphatic carbocycles. The summed E-state index contributed by atoms with van der Waals surface area (Å²) in [7, 11) is 0. The molecule has 0 unspecified atom stereocenters. The van der Waals surface area contributed by atoms with Gasteiger partial charge in [0.2, 0.25) is 0 Å². The third-order valence-corrected chi connectivity index (χ3v) is 9.34. The third-order valence-electron chi connectivity index (χ3n) is 9.34. The lowest BCUT2D eigenvalue weighted by Crippen LogP contribution is -2.31. The van der Waals surface area contributed by atoms with Crippen LogP contribution in [0, 0.1) is 17.7 Å². The topological polar surface area (TPSA) is 110 Å². The van der Waals surface area contributed by atoms with E-state index < -0.39 is 5.97 Å². The number of nitrogens with zero attached hydrogens (tertiary/aromatic N) is 5. The number of nitrogen functional groups attached to an aromatic ring is 1. The number of imidazole rings is 1. The number of anilines is 1. The number of halogens is 1. The zero-order chi connectivity index (χ0) is 30.2. The molecule has 3 N–H and O–H groups in total. The highest BCUT2D eigenvalue weighted by Gasteiger charge is 2.30. The van der Waals surface area contributed by atoms with Gasteiger partial charge in [0.05, 0.1) is 17.2 Å². The number of rotatable bonds is 7. The fourth-order valence-electron chi connectivity index (χ4n) is 6.93. The van der Waals surface area contributed by atoms with Gasteiger partial charge in [0.1, 0.15) is 17.2 Å². The molecule has 7 rings (SSSR count). The lowest BCUT2D eigenvalue weighted by molar-refractivity contribution is -0.143. The number of carbonyl (C=O) groups is 1. The summed E-state index contributed by atoms with van der Waals surface area (Å²) in [6.45, 7) is 3.12. The highest BCUT2D eigenvalue weighted by atomic mass is 19.1. The molecule has 1 aliphatic heterocycles. The van der Waals surface area contributed by atoms with E-state index in [2.05, 4.69) is 34.1 Å². The first-order chi connectivity index (χ1) is 21.4. The van der Waals surface area contributed by atoms with Crippen LogP contribution in [0.25, 0.3) is 39.5 Å². The maximum Gasteiger partial charge on any atom is 0.306 e. The summed E-state index contributed by atoms with van der Waals surface area (Å²) in [6.07, 6.45) is 6.35. The predicted octanol–water partition coefficient (Wildman–Crippen LogP) is 6.55. The molecule has 1 saturated carbocycles. The van der Waals surface area contributed by atoms with E-state index in [0.717, 1.165) is 57.4 Å². The molecule has 224 valence electrons. The van der Waals surface area contributed by atoms with Gasteiger partial charge in [-0.1, -0.05) is 24.3 Å². The zero-order valence-corrected chi connectivity index (χ0v) is 24.4. The largest absolute Gasteiger partial charge is 0.481 e. The summed E-state index contributed by atoms with van der Waals surface area (Å²) >= 11 is 0. The molecule has 0 bridgehead atoms. The second kappa shape index (κ2) is 11.8. The summed E-state index contributed by atoms with van der Waals surface area (Å²) in [6, 6.07) is 22.6. The first-order valence-electron chi connectivity index (χ1n) is 15.4. The van der Waals surface area contributed by atoms with E-state index in [-0.39, 0.29) is 11.7 Å². The number of nitrogens with two attached hydrogens (primary N) is 1. The van der Waals surface area contributed by atoms with E-state index in [1.54, 1.807) is 30.5 Å². The van der Waals surface area contributed by atoms with Gasteiger partial charge in [-0.25, -0.2) is 19.3 Å². The average Bonchev–Trinajstić information content (AvgIpc) is 3.66. The Bertz CT molecular complexity index is 1810. The number of carboxylic acid groups (broad SMARTS) is 1. The van der Waals surface area contributed by atoms with Crippen LogP contribution in [0.2, 0.25) is 0 Å². The molecule has 9 heteroatoms. The lowest BCUT2D eigenvalue weighted by Gasteiger charge is -2.29. The molecular weight excluding hydrogens is 555 g/mol. The normalized spacial score (nSPS) is 20.7. The molecule has 2 aromatic carbocycles. The van der Waals surface area contributed by atoms with Crippen molar-refractivity contribution in [3.05, 3.63) is 90.4 Å². The van der Waals surface area contributed by atoms with E-state index in [1.165, 1.54) is 11.6 Å². The van der Waals surface area contributed by atoms with Gasteiger partial charge in [0, 0.05) is 30.5 Å². The second-order valence-corrected chi connectivity index (χ2v) is 12.1. The Kier molecular flexibility index (Phi) is 7.56. The van der Waals surface area contributed by atoms with E-state index in [9.17, 15) is 14.3 Å². The molecule has 2 fully saturated rings. The number of fused-ring (bicyclic) bond motifs is 1. The number of benzene rings is 2. The Hall–Kier alpha value is -4.63. The maximum atomic E-state index is 14.7. The van der Waals surface area contributed by atoms with Crippen LogP contribution in [0.4, 0.5) is 10.2 Å². The number of carboxylic acids is 1. The molecule has 2 aliphatic rings. The summed E-state index contributed by atoms with van der Waals surface area (Å²) in [5, 5.41) is 9.32. The molecule has 1 saturated heterocycles. The monoisotopic (exact) mass is 590 g/mol. The number of hydrogen-bond acceptors (Lipinski definition) is 6. The van der Waals surface area contributed by atoms with Gasteiger partial charge in [-0.3, -0.25) is 9.36 Å². The molecular formula is C35H35FN6O2. The second-order valence-electron chi connectivity index (χ2n) is 12.1. The fourth-order valence-corrected chi connectivity index (χ4v) is 6.93. The average molecular weight is 591 g/mol. The van der Waals surface area contributed by atoms with E-state index >= 15 is 0 Å². The molecule has 1 atom stereocenters.